The number of hydrogen-bond acceptors (Lipinski definition) is 4. The quantitative estimate of drug-likeness (QED) is 0.686. The van der Waals surface area contributed by atoms with Crippen molar-refractivity contribution in [3.05, 3.63) is 57.7 Å². The van der Waals surface area contributed by atoms with Crippen LogP contribution in [0.25, 0.3) is 0 Å². The Hall–Kier alpha value is -2.09. The van der Waals surface area contributed by atoms with Crippen LogP contribution in [-0.4, -0.2) is 10.7 Å². The minimum Gasteiger partial charge on any atom is -0.260 e. The maximum atomic E-state index is 8.75. The summed E-state index contributed by atoms with van der Waals surface area (Å²) < 4.78 is 0. The minimum atomic E-state index is 0.397. The van der Waals surface area contributed by atoms with Crippen LogP contribution in [0.15, 0.2) is 41.6 Å². The van der Waals surface area contributed by atoms with Crippen LogP contribution in [0.1, 0.15) is 18.1 Å². The highest BCUT2D eigenvalue weighted by Crippen LogP contribution is 2.22. The van der Waals surface area contributed by atoms with Crippen LogP contribution in [0, 0.1) is 11.3 Å². The second-order valence-electron chi connectivity index (χ2n) is 3.98. The fourth-order valence-electron chi connectivity index (χ4n) is 1.48. The molecule has 6 heteroatoms. The number of rotatable bonds is 3. The molecule has 1 aromatic carbocycles. The second-order valence-corrected chi connectivity index (χ2v) is 4.83. The molecule has 0 saturated heterocycles. The number of pyridine rings is 1. The molecule has 0 fully saturated rings. The molecule has 4 nitrogen and oxygen atoms in total. The molecule has 0 amide bonds. The number of benzene rings is 1. The number of nitriles is 1. The zero-order chi connectivity index (χ0) is 14.5. The number of halogens is 2. The summed E-state index contributed by atoms with van der Waals surface area (Å²) in [7, 11) is 0. The van der Waals surface area contributed by atoms with E-state index in [1.54, 1.807) is 18.2 Å². The highest BCUT2D eigenvalue weighted by Gasteiger charge is 2.02. The lowest BCUT2D eigenvalue weighted by molar-refractivity contribution is 1.22. The first kappa shape index (κ1) is 14.3. The van der Waals surface area contributed by atoms with Gasteiger partial charge in [0.05, 0.1) is 27.4 Å². The molecule has 0 aliphatic rings. The number of anilines is 1. The Morgan fingerprint density at radius 3 is 2.60 bits per heavy atom. The Labute approximate surface area is 126 Å². The van der Waals surface area contributed by atoms with Gasteiger partial charge in [0.1, 0.15) is 0 Å². The van der Waals surface area contributed by atoms with Crippen LogP contribution in [0.3, 0.4) is 0 Å². The van der Waals surface area contributed by atoms with E-state index in [0.29, 0.717) is 21.4 Å². The Bertz CT molecular complexity index is 687. The van der Waals surface area contributed by atoms with Crippen molar-refractivity contribution in [2.45, 2.75) is 6.92 Å². The van der Waals surface area contributed by atoms with E-state index in [-0.39, 0.29) is 0 Å². The number of nitrogens with one attached hydrogen (secondary N) is 1. The zero-order valence-corrected chi connectivity index (χ0v) is 12.1. The summed E-state index contributed by atoms with van der Waals surface area (Å²) in [6, 6.07) is 10.8. The molecule has 0 bridgehead atoms. The first-order valence-electron chi connectivity index (χ1n) is 5.72. The van der Waals surface area contributed by atoms with Gasteiger partial charge in [-0.25, -0.2) is 4.98 Å². The number of aromatic nitrogens is 1. The van der Waals surface area contributed by atoms with Crippen molar-refractivity contribution in [3.63, 3.8) is 0 Å². The van der Waals surface area contributed by atoms with Crippen LogP contribution in [0.5, 0.6) is 0 Å². The summed E-state index contributed by atoms with van der Waals surface area (Å²) in [5.41, 5.74) is 5.05. The molecular formula is C14H10Cl2N4. The lowest BCUT2D eigenvalue weighted by atomic mass is 10.1. The Morgan fingerprint density at radius 1 is 1.30 bits per heavy atom. The smallest absolute Gasteiger partial charge is 0.165 e. The number of nitrogens with zero attached hydrogens (tertiary/aromatic N) is 3. The van der Waals surface area contributed by atoms with E-state index in [4.69, 9.17) is 28.5 Å². The van der Waals surface area contributed by atoms with Gasteiger partial charge < -0.3 is 0 Å². The molecule has 100 valence electrons. The lowest BCUT2D eigenvalue weighted by Crippen LogP contribution is -2.01. The van der Waals surface area contributed by atoms with Gasteiger partial charge in [0.15, 0.2) is 5.82 Å². The summed E-state index contributed by atoms with van der Waals surface area (Å²) in [5, 5.41) is 13.8. The maximum absolute atomic E-state index is 8.75. The van der Waals surface area contributed by atoms with Crippen molar-refractivity contribution in [1.29, 1.82) is 5.26 Å². The van der Waals surface area contributed by atoms with Gasteiger partial charge in [0.2, 0.25) is 0 Å². The molecule has 0 aliphatic heterocycles. The summed E-state index contributed by atoms with van der Waals surface area (Å²) in [4.78, 5) is 4.05. The van der Waals surface area contributed by atoms with E-state index in [2.05, 4.69) is 21.6 Å². The molecule has 0 aliphatic carbocycles. The molecule has 1 N–H and O–H groups in total. The predicted molar refractivity (Wildman–Crippen MR) is 81.2 cm³/mol. The molecule has 2 aromatic rings. The minimum absolute atomic E-state index is 0.397. The Balaban J connectivity index is 2.16. The molecule has 1 aromatic heterocycles. The molecule has 20 heavy (non-hydrogen) atoms. The lowest BCUT2D eigenvalue weighted by Gasteiger charge is -2.05. The van der Waals surface area contributed by atoms with Crippen molar-refractivity contribution in [2.24, 2.45) is 5.10 Å². The zero-order valence-electron chi connectivity index (χ0n) is 10.6. The van der Waals surface area contributed by atoms with Crippen LogP contribution < -0.4 is 5.43 Å². The summed E-state index contributed by atoms with van der Waals surface area (Å²) in [6.45, 7) is 1.85. The highest BCUT2D eigenvalue weighted by atomic mass is 35.5. The Kier molecular flexibility index (Phi) is 4.57. The first-order chi connectivity index (χ1) is 9.60. The van der Waals surface area contributed by atoms with E-state index < -0.39 is 0 Å². The second kappa shape index (κ2) is 6.38. The topological polar surface area (TPSA) is 61.1 Å². The van der Waals surface area contributed by atoms with Crippen LogP contribution in [0.4, 0.5) is 5.82 Å². The molecule has 1 heterocycles. The summed E-state index contributed by atoms with van der Waals surface area (Å²) >= 11 is 11.8. The van der Waals surface area contributed by atoms with Gasteiger partial charge >= 0.3 is 0 Å². The van der Waals surface area contributed by atoms with Crippen molar-refractivity contribution in [3.8, 4) is 6.07 Å². The van der Waals surface area contributed by atoms with Gasteiger partial charge in [0, 0.05) is 6.20 Å². The molecule has 0 spiro atoms. The average molecular weight is 305 g/mol. The van der Waals surface area contributed by atoms with Gasteiger partial charge in [-0.05, 0) is 30.7 Å². The monoisotopic (exact) mass is 304 g/mol. The number of hydrazone groups is 1. The normalized spacial score (nSPS) is 11.0. The maximum Gasteiger partial charge on any atom is 0.165 e. The molecule has 2 rings (SSSR count). The third-order valence-corrected chi connectivity index (χ3v) is 3.06. The molecule has 0 unspecified atom stereocenters. The van der Waals surface area contributed by atoms with E-state index in [1.807, 2.05) is 19.1 Å². The fraction of sp³-hybridized carbons (Fsp3) is 0.0714. The standard InChI is InChI=1S/C14H10Cl2N4/c1-9(11-4-2-10(7-17)3-5-11)19-20-14-13(16)6-12(15)8-18-14/h2-6,8H,1H3,(H,18,20)/b19-9-. The summed E-state index contributed by atoms with van der Waals surface area (Å²) in [6.07, 6.45) is 1.49. The third kappa shape index (κ3) is 3.47. The van der Waals surface area contributed by atoms with Crippen molar-refractivity contribution < 1.29 is 0 Å². The Morgan fingerprint density at radius 2 is 2.00 bits per heavy atom. The van der Waals surface area contributed by atoms with Gasteiger partial charge in [-0.3, -0.25) is 5.43 Å². The molecule has 0 saturated carbocycles. The fourth-order valence-corrected chi connectivity index (χ4v) is 1.91. The third-order valence-electron chi connectivity index (χ3n) is 2.57. The SMILES string of the molecule is C/C(=N/Nc1ncc(Cl)cc1Cl)c1ccc(C#N)cc1. The highest BCUT2D eigenvalue weighted by molar-refractivity contribution is 6.35. The van der Waals surface area contributed by atoms with Crippen LogP contribution in [0.2, 0.25) is 10.0 Å². The number of hydrogen-bond donors (Lipinski definition) is 1. The first-order valence-corrected chi connectivity index (χ1v) is 6.47. The largest absolute Gasteiger partial charge is 0.260 e. The van der Waals surface area contributed by atoms with Gasteiger partial charge in [-0.15, -0.1) is 0 Å². The van der Waals surface area contributed by atoms with Crippen molar-refractivity contribution in [1.82, 2.24) is 4.98 Å². The van der Waals surface area contributed by atoms with Crippen molar-refractivity contribution in [2.75, 3.05) is 5.43 Å². The van der Waals surface area contributed by atoms with Crippen molar-refractivity contribution >= 4 is 34.7 Å². The molecule has 0 atom stereocenters. The average Bonchev–Trinajstić information content (AvgIpc) is 2.46. The van der Waals surface area contributed by atoms with Gasteiger partial charge in [0.25, 0.3) is 0 Å². The van der Waals surface area contributed by atoms with E-state index in [0.717, 1.165) is 11.3 Å². The molecule has 0 radical (unpaired) electrons. The van der Waals surface area contributed by atoms with Gasteiger partial charge in [-0.1, -0.05) is 35.3 Å². The predicted octanol–water partition coefficient (Wildman–Crippen LogP) is 4.10. The summed E-state index contributed by atoms with van der Waals surface area (Å²) in [5.74, 6) is 0.434. The van der Waals surface area contributed by atoms with E-state index in [1.165, 1.54) is 6.20 Å². The van der Waals surface area contributed by atoms with Crippen LogP contribution >= 0.6 is 23.2 Å². The van der Waals surface area contributed by atoms with Crippen LogP contribution in [-0.2, 0) is 0 Å². The van der Waals surface area contributed by atoms with E-state index >= 15 is 0 Å². The van der Waals surface area contributed by atoms with E-state index in [9.17, 15) is 0 Å². The van der Waals surface area contributed by atoms with Gasteiger partial charge in [-0.2, -0.15) is 10.4 Å². The molecular weight excluding hydrogens is 295 g/mol.